The summed E-state index contributed by atoms with van der Waals surface area (Å²) in [6, 6.07) is 3.62. The molecule has 0 aliphatic carbocycles. The number of anilines is 1. The van der Waals surface area contributed by atoms with E-state index in [2.05, 4.69) is 15.9 Å². The van der Waals surface area contributed by atoms with Crippen molar-refractivity contribution >= 4 is 21.6 Å². The molecular formula is C10H14BrNO. The van der Waals surface area contributed by atoms with E-state index in [0.717, 1.165) is 10.0 Å². The Morgan fingerprint density at radius 3 is 2.69 bits per heavy atom. The van der Waals surface area contributed by atoms with Crippen molar-refractivity contribution in [1.29, 1.82) is 0 Å². The van der Waals surface area contributed by atoms with Crippen LogP contribution >= 0.6 is 15.9 Å². The van der Waals surface area contributed by atoms with Crippen LogP contribution in [0, 0.1) is 6.92 Å². The molecule has 0 aliphatic rings. The molecule has 0 spiro atoms. The Bertz CT molecular complexity index is 347. The summed E-state index contributed by atoms with van der Waals surface area (Å²) in [7, 11) is 0. The molecule has 0 radical (unpaired) electrons. The summed E-state index contributed by atoms with van der Waals surface area (Å²) in [6.45, 7) is 5.29. The van der Waals surface area contributed by atoms with Crippen LogP contribution in [0.1, 0.15) is 20.8 Å². The highest BCUT2D eigenvalue weighted by molar-refractivity contribution is 9.10. The number of hydrogen-bond donors (Lipinski definition) is 1. The van der Waals surface area contributed by atoms with Gasteiger partial charge < -0.3 is 10.5 Å². The normalized spacial score (nSPS) is 12.5. The van der Waals surface area contributed by atoms with E-state index in [1.54, 1.807) is 19.9 Å². The number of nitrogen functional groups attached to an aromatic ring is 1. The Morgan fingerprint density at radius 2 is 2.15 bits per heavy atom. The summed E-state index contributed by atoms with van der Waals surface area (Å²) in [6.07, 6.45) is -0.969. The average Bonchev–Trinajstić information content (AvgIpc) is 1.97. The van der Waals surface area contributed by atoms with E-state index in [0.29, 0.717) is 11.4 Å². The number of aryl methyl sites for hydroxylation is 1. The van der Waals surface area contributed by atoms with Crippen LogP contribution in [-0.2, 0) is 0 Å². The highest BCUT2D eigenvalue weighted by atomic mass is 79.9. The molecule has 2 nitrogen and oxygen atoms in total. The van der Waals surface area contributed by atoms with Crippen molar-refractivity contribution in [2.45, 2.75) is 26.9 Å². The van der Waals surface area contributed by atoms with Crippen LogP contribution in [0.15, 0.2) is 16.6 Å². The lowest BCUT2D eigenvalue weighted by atomic mass is 10.2. The van der Waals surface area contributed by atoms with Gasteiger partial charge in [0.25, 0.3) is 0 Å². The van der Waals surface area contributed by atoms with Crippen LogP contribution in [0.2, 0.25) is 0 Å². The highest BCUT2D eigenvalue weighted by Crippen LogP contribution is 2.29. The molecule has 1 aromatic rings. The Balaban J connectivity index is 3.04. The van der Waals surface area contributed by atoms with Crippen LogP contribution in [0.25, 0.3) is 0 Å². The van der Waals surface area contributed by atoms with Crippen molar-refractivity contribution in [3.8, 4) is 5.75 Å². The van der Waals surface area contributed by atoms with Crippen molar-refractivity contribution in [1.82, 2.24) is 0 Å². The molecule has 1 rings (SSSR count). The van der Waals surface area contributed by atoms with Crippen LogP contribution in [0.3, 0.4) is 0 Å². The van der Waals surface area contributed by atoms with Crippen LogP contribution < -0.4 is 10.5 Å². The van der Waals surface area contributed by atoms with E-state index >= 15 is 0 Å². The van der Waals surface area contributed by atoms with Crippen LogP contribution in [0.5, 0.6) is 5.75 Å². The quantitative estimate of drug-likeness (QED) is 0.812. The van der Waals surface area contributed by atoms with Gasteiger partial charge in [0.15, 0.2) is 0 Å². The summed E-state index contributed by atoms with van der Waals surface area (Å²) in [5.74, 6) is 0.544. The molecule has 1 aromatic carbocycles. The molecule has 3 heteroatoms. The second kappa shape index (κ2) is 4.01. The van der Waals surface area contributed by atoms with Gasteiger partial charge in [-0.2, -0.15) is 0 Å². The lowest BCUT2D eigenvalue weighted by molar-refractivity contribution is 0.243. The molecule has 0 saturated carbocycles. The summed E-state index contributed by atoms with van der Waals surface area (Å²) in [5, 5.41) is 0. The van der Waals surface area contributed by atoms with E-state index in [4.69, 9.17) is 11.8 Å². The largest absolute Gasteiger partial charge is 0.489 e. The Hall–Kier alpha value is -0.700. The maximum Gasteiger partial charge on any atom is 0.143 e. The zero-order chi connectivity index (χ0) is 10.9. The van der Waals surface area contributed by atoms with E-state index in [-0.39, 0.29) is 0 Å². The summed E-state index contributed by atoms with van der Waals surface area (Å²) in [4.78, 5) is 0. The minimum Gasteiger partial charge on any atom is -0.489 e. The Morgan fingerprint density at radius 1 is 1.54 bits per heavy atom. The molecule has 0 heterocycles. The molecule has 0 saturated heterocycles. The first-order valence-corrected chi connectivity index (χ1v) is 4.83. The minimum atomic E-state index is -0.969. The standard InChI is InChI=1S/C10H14BrNO/c1-6(2)13-10-5-8(11)7(3)4-9(10)12/h4-6H,12H2,1-3H3/i6D. The zero-order valence-electron chi connectivity index (χ0n) is 9.02. The molecule has 2 N–H and O–H groups in total. The second-order valence-corrected chi connectivity index (χ2v) is 4.00. The summed E-state index contributed by atoms with van der Waals surface area (Å²) < 4.78 is 13.9. The van der Waals surface area contributed by atoms with Crippen molar-refractivity contribution < 1.29 is 6.11 Å². The number of ether oxygens (including phenoxy) is 1. The molecule has 0 fully saturated rings. The summed E-state index contributed by atoms with van der Waals surface area (Å²) >= 11 is 3.39. The van der Waals surface area contributed by atoms with E-state index in [1.807, 2.05) is 13.0 Å². The first-order chi connectivity index (χ1) is 6.29. The van der Waals surface area contributed by atoms with Gasteiger partial charge in [0, 0.05) is 4.47 Å². The van der Waals surface area contributed by atoms with Crippen molar-refractivity contribution in [3.63, 3.8) is 0 Å². The van der Waals surface area contributed by atoms with E-state index in [9.17, 15) is 0 Å². The van der Waals surface area contributed by atoms with Gasteiger partial charge in [0.05, 0.1) is 13.1 Å². The lowest BCUT2D eigenvalue weighted by Crippen LogP contribution is -2.07. The molecule has 0 bridgehead atoms. The maximum atomic E-state index is 7.60. The summed E-state index contributed by atoms with van der Waals surface area (Å²) in [5.41, 5.74) is 7.38. The highest BCUT2D eigenvalue weighted by Gasteiger charge is 2.05. The van der Waals surface area contributed by atoms with Gasteiger partial charge in [-0.25, -0.2) is 0 Å². The van der Waals surface area contributed by atoms with Crippen molar-refractivity contribution in [2.24, 2.45) is 0 Å². The fraction of sp³-hybridized carbons (Fsp3) is 0.400. The van der Waals surface area contributed by atoms with Gasteiger partial charge >= 0.3 is 0 Å². The topological polar surface area (TPSA) is 35.2 Å². The first-order valence-electron chi connectivity index (χ1n) is 4.54. The zero-order valence-corrected chi connectivity index (χ0v) is 9.60. The fourth-order valence-corrected chi connectivity index (χ4v) is 1.32. The predicted octanol–water partition coefficient (Wildman–Crippen LogP) is 3.13. The van der Waals surface area contributed by atoms with Crippen LogP contribution in [0.4, 0.5) is 5.69 Å². The monoisotopic (exact) mass is 244 g/mol. The van der Waals surface area contributed by atoms with Gasteiger partial charge in [-0.1, -0.05) is 15.9 Å². The molecule has 72 valence electrons. The number of hydrogen-bond acceptors (Lipinski definition) is 2. The third-order valence-electron chi connectivity index (χ3n) is 1.61. The van der Waals surface area contributed by atoms with Crippen molar-refractivity contribution in [2.75, 3.05) is 5.73 Å². The Labute approximate surface area is 88.6 Å². The van der Waals surface area contributed by atoms with Gasteiger partial charge in [-0.05, 0) is 38.5 Å². The molecule has 0 unspecified atom stereocenters. The molecule has 0 amide bonds. The number of nitrogens with two attached hydrogens (primary N) is 1. The first kappa shape index (κ1) is 8.88. The van der Waals surface area contributed by atoms with Gasteiger partial charge in [0.1, 0.15) is 5.75 Å². The SMILES string of the molecule is [2H]C(C)(C)Oc1cc(Br)c(C)cc1N. The Kier molecular flexibility index (Phi) is 2.74. The van der Waals surface area contributed by atoms with Gasteiger partial charge in [0.2, 0.25) is 0 Å². The number of halogens is 1. The number of rotatable bonds is 2. The lowest BCUT2D eigenvalue weighted by Gasteiger charge is -2.13. The van der Waals surface area contributed by atoms with Gasteiger partial charge in [-0.15, -0.1) is 0 Å². The van der Waals surface area contributed by atoms with E-state index < -0.39 is 6.08 Å². The van der Waals surface area contributed by atoms with Gasteiger partial charge in [-0.3, -0.25) is 0 Å². The second-order valence-electron chi connectivity index (χ2n) is 3.15. The molecule has 0 aromatic heterocycles. The number of benzene rings is 1. The third-order valence-corrected chi connectivity index (χ3v) is 2.46. The molecular weight excluding hydrogens is 230 g/mol. The smallest absolute Gasteiger partial charge is 0.143 e. The molecule has 13 heavy (non-hydrogen) atoms. The third kappa shape index (κ3) is 2.62. The minimum absolute atomic E-state index is 0.544. The van der Waals surface area contributed by atoms with E-state index in [1.165, 1.54) is 0 Å². The van der Waals surface area contributed by atoms with Crippen molar-refractivity contribution in [3.05, 3.63) is 22.2 Å². The maximum absolute atomic E-state index is 7.60. The van der Waals surface area contributed by atoms with Crippen LogP contribution in [-0.4, -0.2) is 6.08 Å². The molecule has 0 atom stereocenters. The predicted molar refractivity (Wildman–Crippen MR) is 59.1 cm³/mol. The fourth-order valence-electron chi connectivity index (χ4n) is 0.994. The molecule has 0 aliphatic heterocycles. The average molecular weight is 245 g/mol.